The Morgan fingerprint density at radius 1 is 1.12 bits per heavy atom. The van der Waals surface area contributed by atoms with Gasteiger partial charge < -0.3 is 10.6 Å². The minimum atomic E-state index is 0.190. The normalized spacial score (nSPS) is 38.7. The summed E-state index contributed by atoms with van der Waals surface area (Å²) in [5.74, 6) is 1.31. The minimum absolute atomic E-state index is 0.190. The number of carbonyl (C=O) groups is 1. The predicted octanol–water partition coefficient (Wildman–Crippen LogP) is 2.07. The first-order valence-corrected chi connectivity index (χ1v) is 7.20. The van der Waals surface area contributed by atoms with Gasteiger partial charge in [-0.3, -0.25) is 4.79 Å². The van der Waals surface area contributed by atoms with Gasteiger partial charge in [0, 0.05) is 12.1 Å². The van der Waals surface area contributed by atoms with Crippen molar-refractivity contribution in [1.29, 1.82) is 0 Å². The van der Waals surface area contributed by atoms with Gasteiger partial charge in [0.05, 0.1) is 5.92 Å². The molecule has 4 unspecified atom stereocenters. The molecular weight excluding hydrogens is 212 g/mol. The first-order valence-electron chi connectivity index (χ1n) is 7.20. The number of hydrogen-bond acceptors (Lipinski definition) is 2. The van der Waals surface area contributed by atoms with Crippen LogP contribution in [0.4, 0.5) is 0 Å². The van der Waals surface area contributed by atoms with Crippen molar-refractivity contribution in [3.8, 4) is 0 Å². The molecule has 3 heteroatoms. The summed E-state index contributed by atoms with van der Waals surface area (Å²) in [6.07, 6.45) is 7.20. The van der Waals surface area contributed by atoms with Gasteiger partial charge >= 0.3 is 0 Å². The molecule has 2 N–H and O–H groups in total. The van der Waals surface area contributed by atoms with E-state index in [0.717, 1.165) is 18.9 Å². The molecule has 1 aliphatic heterocycles. The molecule has 1 aliphatic carbocycles. The Kier molecular flexibility index (Phi) is 4.43. The highest BCUT2D eigenvalue weighted by atomic mass is 16.2. The highest BCUT2D eigenvalue weighted by molar-refractivity contribution is 5.80. The summed E-state index contributed by atoms with van der Waals surface area (Å²) in [6, 6.07) is 0.778. The maximum atomic E-state index is 12.2. The summed E-state index contributed by atoms with van der Waals surface area (Å²) in [5, 5.41) is 6.62. The third-order valence-corrected chi connectivity index (χ3v) is 4.47. The van der Waals surface area contributed by atoms with E-state index in [2.05, 4.69) is 24.5 Å². The molecule has 98 valence electrons. The standard InChI is InChI=1S/C14H26N2O/c1-10-4-3-5-12(7-6-10)16-14(17)13-8-9-15-11(13)2/h10-13,15H,3-9H2,1-2H3,(H,16,17). The number of rotatable bonds is 2. The van der Waals surface area contributed by atoms with Gasteiger partial charge in [0.2, 0.25) is 5.91 Å². The van der Waals surface area contributed by atoms with Gasteiger partial charge in [-0.25, -0.2) is 0 Å². The highest BCUT2D eigenvalue weighted by Gasteiger charge is 2.30. The lowest BCUT2D eigenvalue weighted by Gasteiger charge is -2.21. The van der Waals surface area contributed by atoms with Gasteiger partial charge in [0.1, 0.15) is 0 Å². The molecule has 1 heterocycles. The van der Waals surface area contributed by atoms with E-state index >= 15 is 0 Å². The van der Waals surface area contributed by atoms with Gasteiger partial charge in [-0.05, 0) is 45.1 Å². The second-order valence-corrected chi connectivity index (χ2v) is 5.96. The molecule has 2 rings (SSSR count). The molecule has 0 aromatic carbocycles. The van der Waals surface area contributed by atoms with Crippen LogP contribution in [0.15, 0.2) is 0 Å². The van der Waals surface area contributed by atoms with Crippen LogP contribution >= 0.6 is 0 Å². The molecule has 0 radical (unpaired) electrons. The van der Waals surface area contributed by atoms with Crippen LogP contribution in [0.5, 0.6) is 0 Å². The summed E-state index contributed by atoms with van der Waals surface area (Å²) in [4.78, 5) is 12.2. The van der Waals surface area contributed by atoms with E-state index in [4.69, 9.17) is 0 Å². The summed E-state index contributed by atoms with van der Waals surface area (Å²) in [6.45, 7) is 5.43. The lowest BCUT2D eigenvalue weighted by atomic mass is 9.99. The molecule has 0 aromatic heterocycles. The van der Waals surface area contributed by atoms with Gasteiger partial charge in [-0.2, -0.15) is 0 Å². The van der Waals surface area contributed by atoms with Crippen LogP contribution in [0.2, 0.25) is 0 Å². The quantitative estimate of drug-likeness (QED) is 0.723. The van der Waals surface area contributed by atoms with Gasteiger partial charge in [0.15, 0.2) is 0 Å². The lowest BCUT2D eigenvalue weighted by molar-refractivity contribution is -0.125. The highest BCUT2D eigenvalue weighted by Crippen LogP contribution is 2.23. The molecule has 1 amide bonds. The maximum absolute atomic E-state index is 12.2. The fraction of sp³-hybridized carbons (Fsp3) is 0.929. The molecule has 17 heavy (non-hydrogen) atoms. The van der Waals surface area contributed by atoms with E-state index in [1.54, 1.807) is 0 Å². The Morgan fingerprint density at radius 3 is 2.65 bits per heavy atom. The average Bonchev–Trinajstić information content (AvgIpc) is 2.61. The van der Waals surface area contributed by atoms with Crippen LogP contribution < -0.4 is 10.6 Å². The van der Waals surface area contributed by atoms with Gasteiger partial charge in [-0.1, -0.05) is 19.8 Å². The van der Waals surface area contributed by atoms with E-state index in [0.29, 0.717) is 12.1 Å². The number of amides is 1. The fourth-order valence-electron chi connectivity index (χ4n) is 3.16. The molecule has 2 aliphatic rings. The topological polar surface area (TPSA) is 41.1 Å². The zero-order valence-corrected chi connectivity index (χ0v) is 11.2. The summed E-state index contributed by atoms with van der Waals surface area (Å²) in [5.41, 5.74) is 0. The number of hydrogen-bond donors (Lipinski definition) is 2. The third kappa shape index (κ3) is 3.44. The smallest absolute Gasteiger partial charge is 0.224 e. The van der Waals surface area contributed by atoms with Crippen LogP contribution in [-0.4, -0.2) is 24.5 Å². The fourth-order valence-corrected chi connectivity index (χ4v) is 3.16. The molecular formula is C14H26N2O. The summed E-state index contributed by atoms with van der Waals surface area (Å²) < 4.78 is 0. The Labute approximate surface area is 105 Å². The second-order valence-electron chi connectivity index (χ2n) is 5.96. The van der Waals surface area contributed by atoms with E-state index < -0.39 is 0 Å². The Balaban J connectivity index is 1.81. The molecule has 4 atom stereocenters. The first kappa shape index (κ1) is 12.9. The van der Waals surface area contributed by atoms with Crippen molar-refractivity contribution in [2.24, 2.45) is 11.8 Å². The molecule has 0 spiro atoms. The lowest BCUT2D eigenvalue weighted by Crippen LogP contribution is -2.42. The predicted molar refractivity (Wildman–Crippen MR) is 69.8 cm³/mol. The zero-order valence-electron chi connectivity index (χ0n) is 11.2. The Hall–Kier alpha value is -0.570. The van der Waals surface area contributed by atoms with Gasteiger partial charge in [-0.15, -0.1) is 0 Å². The summed E-state index contributed by atoms with van der Waals surface area (Å²) in [7, 11) is 0. The summed E-state index contributed by atoms with van der Waals surface area (Å²) >= 11 is 0. The Bertz CT molecular complexity index is 267. The number of nitrogens with one attached hydrogen (secondary N) is 2. The molecule has 0 bridgehead atoms. The molecule has 1 saturated heterocycles. The zero-order chi connectivity index (χ0) is 12.3. The SMILES string of the molecule is CC1CCCC(NC(=O)C2CCNC2C)CC1. The molecule has 0 aromatic rings. The van der Waals surface area contributed by atoms with Crippen LogP contribution in [0.1, 0.15) is 52.4 Å². The minimum Gasteiger partial charge on any atom is -0.353 e. The monoisotopic (exact) mass is 238 g/mol. The number of carbonyl (C=O) groups excluding carboxylic acids is 1. The average molecular weight is 238 g/mol. The molecule has 1 saturated carbocycles. The van der Waals surface area contributed by atoms with Crippen molar-refractivity contribution < 1.29 is 4.79 Å². The van der Waals surface area contributed by atoms with Crippen LogP contribution in [0.3, 0.4) is 0 Å². The van der Waals surface area contributed by atoms with Crippen molar-refractivity contribution in [3.05, 3.63) is 0 Å². The van der Waals surface area contributed by atoms with Crippen LogP contribution in [0, 0.1) is 11.8 Å². The van der Waals surface area contributed by atoms with Crippen molar-refractivity contribution >= 4 is 5.91 Å². The van der Waals surface area contributed by atoms with Crippen LogP contribution in [0.25, 0.3) is 0 Å². The van der Waals surface area contributed by atoms with Crippen molar-refractivity contribution in [1.82, 2.24) is 10.6 Å². The van der Waals surface area contributed by atoms with Crippen LogP contribution in [-0.2, 0) is 4.79 Å². The van der Waals surface area contributed by atoms with Crippen molar-refractivity contribution in [2.45, 2.75) is 64.5 Å². The maximum Gasteiger partial charge on any atom is 0.224 e. The largest absolute Gasteiger partial charge is 0.353 e. The first-order chi connectivity index (χ1) is 8.16. The molecule has 3 nitrogen and oxygen atoms in total. The van der Waals surface area contributed by atoms with Crippen molar-refractivity contribution in [3.63, 3.8) is 0 Å². The molecule has 2 fully saturated rings. The van der Waals surface area contributed by atoms with E-state index in [9.17, 15) is 4.79 Å². The third-order valence-electron chi connectivity index (χ3n) is 4.47. The van der Waals surface area contributed by atoms with E-state index in [-0.39, 0.29) is 11.8 Å². The second kappa shape index (κ2) is 5.85. The van der Waals surface area contributed by atoms with Crippen molar-refractivity contribution in [2.75, 3.05) is 6.54 Å². The van der Waals surface area contributed by atoms with E-state index in [1.807, 2.05) is 0 Å². The Morgan fingerprint density at radius 2 is 1.94 bits per heavy atom. The van der Waals surface area contributed by atoms with Gasteiger partial charge in [0.25, 0.3) is 0 Å². The van der Waals surface area contributed by atoms with E-state index in [1.165, 1.54) is 32.1 Å².